The highest BCUT2D eigenvalue weighted by Crippen LogP contribution is 2.23. The Morgan fingerprint density at radius 3 is 2.71 bits per heavy atom. The van der Waals surface area contributed by atoms with Crippen molar-refractivity contribution < 1.29 is 9.53 Å². The van der Waals surface area contributed by atoms with E-state index in [1.54, 1.807) is 0 Å². The summed E-state index contributed by atoms with van der Waals surface area (Å²) in [4.78, 5) is 13.6. The average Bonchev–Trinajstić information content (AvgIpc) is 2.81. The second-order valence-corrected chi connectivity index (χ2v) is 5.48. The molecule has 0 aliphatic carbocycles. The molecule has 1 aliphatic rings. The number of nitrogens with zero attached hydrogens (tertiary/aromatic N) is 1. The van der Waals surface area contributed by atoms with Gasteiger partial charge in [0.15, 0.2) is 0 Å². The van der Waals surface area contributed by atoms with Crippen LogP contribution in [0.3, 0.4) is 0 Å². The van der Waals surface area contributed by atoms with Crippen LogP contribution in [0.5, 0.6) is 0 Å². The van der Waals surface area contributed by atoms with Crippen LogP contribution in [0, 0.1) is 5.41 Å². The van der Waals surface area contributed by atoms with Gasteiger partial charge < -0.3 is 14.4 Å². The number of carbonyl (C=O) groups is 1. The fourth-order valence-electron chi connectivity index (χ4n) is 2.64. The smallest absolute Gasteiger partial charge is 0.127 e. The molecule has 0 aromatic heterocycles. The second kappa shape index (κ2) is 7.12. The Kier molecular flexibility index (Phi) is 6.14. The van der Waals surface area contributed by atoms with Crippen molar-refractivity contribution in [2.45, 2.75) is 52.6 Å². The molecule has 1 rings (SSSR count). The Bertz CT molecular complexity index is 226. The number of likely N-dealkylation sites (N-methyl/N-ethyl adjacent to an activating group) is 1. The lowest BCUT2D eigenvalue weighted by molar-refractivity contribution is -0.117. The molecule has 2 atom stereocenters. The first-order valence-electron chi connectivity index (χ1n) is 6.94. The van der Waals surface area contributed by atoms with Crippen LogP contribution in [0.2, 0.25) is 0 Å². The van der Waals surface area contributed by atoms with E-state index in [0.717, 1.165) is 45.4 Å². The quantitative estimate of drug-likeness (QED) is 0.611. The monoisotopic (exact) mass is 241 g/mol. The molecule has 0 aromatic carbocycles. The van der Waals surface area contributed by atoms with Crippen LogP contribution < -0.4 is 0 Å². The zero-order chi connectivity index (χ0) is 12.7. The third kappa shape index (κ3) is 4.76. The summed E-state index contributed by atoms with van der Waals surface area (Å²) in [6.07, 6.45) is 5.90. The first-order chi connectivity index (χ1) is 8.13. The number of hydrogen-bond donors (Lipinski definition) is 0. The minimum absolute atomic E-state index is 0.191. The molecule has 1 saturated heterocycles. The molecule has 0 spiro atoms. The molecule has 17 heavy (non-hydrogen) atoms. The van der Waals surface area contributed by atoms with Crippen molar-refractivity contribution in [3.05, 3.63) is 0 Å². The van der Waals surface area contributed by atoms with Gasteiger partial charge in [-0.3, -0.25) is 0 Å². The Morgan fingerprint density at radius 1 is 1.47 bits per heavy atom. The number of rotatable bonds is 8. The van der Waals surface area contributed by atoms with E-state index in [0.29, 0.717) is 6.10 Å². The lowest BCUT2D eigenvalue weighted by atomic mass is 9.86. The maximum Gasteiger partial charge on any atom is 0.127 e. The molecule has 0 radical (unpaired) electrons. The van der Waals surface area contributed by atoms with Gasteiger partial charge in [0, 0.05) is 25.1 Å². The van der Waals surface area contributed by atoms with Crippen LogP contribution in [-0.2, 0) is 9.53 Å². The Morgan fingerprint density at radius 2 is 2.24 bits per heavy atom. The van der Waals surface area contributed by atoms with Gasteiger partial charge in [-0.1, -0.05) is 27.2 Å². The topological polar surface area (TPSA) is 29.5 Å². The standard InChI is InChI=1S/C14H27NO2/c1-4-8-14(3,12-16)11-15(5-2)10-13-7-6-9-17-13/h12-13H,4-11H2,1-3H3. The van der Waals surface area contributed by atoms with Crippen LogP contribution in [-0.4, -0.2) is 43.5 Å². The Hall–Kier alpha value is -0.410. The molecule has 0 saturated carbocycles. The molecular formula is C14H27NO2. The van der Waals surface area contributed by atoms with E-state index in [4.69, 9.17) is 4.74 Å². The molecule has 1 fully saturated rings. The van der Waals surface area contributed by atoms with Crippen LogP contribution in [0.25, 0.3) is 0 Å². The van der Waals surface area contributed by atoms with Crippen LogP contribution in [0.15, 0.2) is 0 Å². The maximum atomic E-state index is 11.2. The maximum absolute atomic E-state index is 11.2. The van der Waals surface area contributed by atoms with Crippen molar-refractivity contribution in [3.63, 3.8) is 0 Å². The molecule has 0 bridgehead atoms. The van der Waals surface area contributed by atoms with E-state index in [-0.39, 0.29) is 5.41 Å². The normalized spacial score (nSPS) is 23.9. The fraction of sp³-hybridized carbons (Fsp3) is 0.929. The highest BCUT2D eigenvalue weighted by Gasteiger charge is 2.27. The lowest BCUT2D eigenvalue weighted by Crippen LogP contribution is -2.40. The minimum Gasteiger partial charge on any atom is -0.377 e. The third-order valence-corrected chi connectivity index (χ3v) is 3.62. The van der Waals surface area contributed by atoms with Crippen LogP contribution in [0.1, 0.15) is 46.5 Å². The fourth-order valence-corrected chi connectivity index (χ4v) is 2.64. The summed E-state index contributed by atoms with van der Waals surface area (Å²) in [5.41, 5.74) is -0.191. The van der Waals surface area contributed by atoms with Gasteiger partial charge in [0.25, 0.3) is 0 Å². The van der Waals surface area contributed by atoms with Gasteiger partial charge in [-0.05, 0) is 25.8 Å². The van der Waals surface area contributed by atoms with E-state index >= 15 is 0 Å². The number of ether oxygens (including phenoxy) is 1. The van der Waals surface area contributed by atoms with Gasteiger partial charge in [-0.15, -0.1) is 0 Å². The lowest BCUT2D eigenvalue weighted by Gasteiger charge is -2.32. The van der Waals surface area contributed by atoms with Crippen LogP contribution in [0.4, 0.5) is 0 Å². The van der Waals surface area contributed by atoms with E-state index in [9.17, 15) is 4.79 Å². The third-order valence-electron chi connectivity index (χ3n) is 3.62. The zero-order valence-corrected chi connectivity index (χ0v) is 11.6. The molecule has 1 aliphatic heterocycles. The van der Waals surface area contributed by atoms with Crippen molar-refractivity contribution in [1.82, 2.24) is 4.90 Å². The van der Waals surface area contributed by atoms with Gasteiger partial charge in [0.1, 0.15) is 6.29 Å². The van der Waals surface area contributed by atoms with Crippen molar-refractivity contribution in [2.24, 2.45) is 5.41 Å². The summed E-state index contributed by atoms with van der Waals surface area (Å²) < 4.78 is 5.66. The number of carbonyl (C=O) groups excluding carboxylic acids is 1. The van der Waals surface area contributed by atoms with Gasteiger partial charge in [-0.2, -0.15) is 0 Å². The molecule has 0 N–H and O–H groups in total. The molecule has 1 heterocycles. The van der Waals surface area contributed by atoms with E-state index < -0.39 is 0 Å². The highest BCUT2D eigenvalue weighted by atomic mass is 16.5. The largest absolute Gasteiger partial charge is 0.377 e. The molecule has 2 unspecified atom stereocenters. The van der Waals surface area contributed by atoms with Crippen molar-refractivity contribution in [1.29, 1.82) is 0 Å². The first kappa shape index (κ1) is 14.7. The van der Waals surface area contributed by atoms with Crippen molar-refractivity contribution in [3.8, 4) is 0 Å². The molecule has 3 heteroatoms. The molecular weight excluding hydrogens is 214 g/mol. The number of aldehydes is 1. The molecule has 100 valence electrons. The van der Waals surface area contributed by atoms with E-state index in [1.807, 2.05) is 0 Å². The van der Waals surface area contributed by atoms with E-state index in [2.05, 4.69) is 25.7 Å². The summed E-state index contributed by atoms with van der Waals surface area (Å²) >= 11 is 0. The van der Waals surface area contributed by atoms with Gasteiger partial charge in [0.2, 0.25) is 0 Å². The van der Waals surface area contributed by atoms with Crippen LogP contribution >= 0.6 is 0 Å². The molecule has 0 aromatic rings. The van der Waals surface area contributed by atoms with Crippen molar-refractivity contribution >= 4 is 6.29 Å². The summed E-state index contributed by atoms with van der Waals surface area (Å²) in [6, 6.07) is 0. The summed E-state index contributed by atoms with van der Waals surface area (Å²) in [6.45, 7) is 10.1. The molecule has 3 nitrogen and oxygen atoms in total. The van der Waals surface area contributed by atoms with Crippen molar-refractivity contribution in [2.75, 3.05) is 26.2 Å². The second-order valence-electron chi connectivity index (χ2n) is 5.48. The zero-order valence-electron chi connectivity index (χ0n) is 11.6. The van der Waals surface area contributed by atoms with Gasteiger partial charge >= 0.3 is 0 Å². The van der Waals surface area contributed by atoms with Gasteiger partial charge in [0.05, 0.1) is 6.10 Å². The highest BCUT2D eigenvalue weighted by molar-refractivity contribution is 5.58. The van der Waals surface area contributed by atoms with E-state index in [1.165, 1.54) is 12.8 Å². The Labute approximate surface area is 106 Å². The summed E-state index contributed by atoms with van der Waals surface area (Å²) in [5.74, 6) is 0. The SMILES string of the molecule is CCCC(C)(C=O)CN(CC)CC1CCCO1. The average molecular weight is 241 g/mol. The van der Waals surface area contributed by atoms with Gasteiger partial charge in [-0.25, -0.2) is 0 Å². The molecule has 0 amide bonds. The summed E-state index contributed by atoms with van der Waals surface area (Å²) in [5, 5.41) is 0. The Balaban J connectivity index is 2.45. The predicted octanol–water partition coefficient (Wildman–Crippen LogP) is 2.49. The first-order valence-corrected chi connectivity index (χ1v) is 6.94. The minimum atomic E-state index is -0.191. The number of hydrogen-bond acceptors (Lipinski definition) is 3. The predicted molar refractivity (Wildman–Crippen MR) is 70.2 cm³/mol. The summed E-state index contributed by atoms with van der Waals surface area (Å²) in [7, 11) is 0.